The molecule has 20 heteroatoms. The second-order valence-electron chi connectivity index (χ2n) is 12.0. The highest BCUT2D eigenvalue weighted by atomic mass is 19.4. The van der Waals surface area contributed by atoms with Crippen molar-refractivity contribution in [3.8, 4) is 5.75 Å². The van der Waals surface area contributed by atoms with Crippen LogP contribution in [0.5, 0.6) is 5.75 Å². The number of halogens is 9. The standard InChI is InChI=1S/C34H33F9N4O7/c1-3-22-15-24(23-14-20(33(38,39)40)7-8-26(23)47(22)31(51)54-17-32(35,36)37)45-30-44-16-27(53-9-5-6-28(48)52-4-2)25(46-30)12-18-10-19(29(49)50)13-21(11-18)34(41,42)43/h7-8,10-11,13-14,16,22,24H,3-6,9,12,15,17H2,1-2H3,(H,49,50)(H,44,45,46)/t22-,24+/m1/s1. The highest BCUT2D eigenvalue weighted by Gasteiger charge is 2.41. The molecule has 0 saturated heterocycles. The predicted octanol–water partition coefficient (Wildman–Crippen LogP) is 8.37. The number of amides is 1. The zero-order chi connectivity index (χ0) is 40.0. The maximum atomic E-state index is 13.8. The number of ether oxygens (including phenoxy) is 3. The van der Waals surface area contributed by atoms with Crippen molar-refractivity contribution in [2.45, 2.75) is 76.6 Å². The van der Waals surface area contributed by atoms with Gasteiger partial charge >= 0.3 is 36.6 Å². The van der Waals surface area contributed by atoms with E-state index >= 15 is 0 Å². The average Bonchev–Trinajstić information content (AvgIpc) is 3.08. The molecule has 294 valence electrons. The number of carboxylic acid groups (broad SMARTS) is 1. The summed E-state index contributed by atoms with van der Waals surface area (Å²) in [4.78, 5) is 45.7. The molecule has 0 spiro atoms. The van der Waals surface area contributed by atoms with E-state index in [1.807, 2.05) is 0 Å². The average molecular weight is 781 g/mol. The highest BCUT2D eigenvalue weighted by molar-refractivity contribution is 5.90. The summed E-state index contributed by atoms with van der Waals surface area (Å²) in [5.74, 6) is -2.50. The number of hydrogen-bond donors (Lipinski definition) is 2. The molecule has 0 unspecified atom stereocenters. The molecule has 11 nitrogen and oxygen atoms in total. The monoisotopic (exact) mass is 780 g/mol. The van der Waals surface area contributed by atoms with E-state index in [9.17, 15) is 59.0 Å². The number of carboxylic acids is 1. The van der Waals surface area contributed by atoms with E-state index in [-0.39, 0.29) is 73.1 Å². The fourth-order valence-corrected chi connectivity index (χ4v) is 5.66. The van der Waals surface area contributed by atoms with E-state index in [2.05, 4.69) is 20.0 Å². The van der Waals surface area contributed by atoms with Crippen LogP contribution in [0.3, 0.4) is 0 Å². The van der Waals surface area contributed by atoms with Gasteiger partial charge in [0.25, 0.3) is 0 Å². The summed E-state index contributed by atoms with van der Waals surface area (Å²) in [5.41, 5.74) is -3.66. The second-order valence-corrected chi connectivity index (χ2v) is 12.0. The fraction of sp³-hybridized carbons (Fsp3) is 0.441. The van der Waals surface area contributed by atoms with Gasteiger partial charge in [-0.3, -0.25) is 9.69 Å². The topological polar surface area (TPSA) is 140 Å². The predicted molar refractivity (Wildman–Crippen MR) is 171 cm³/mol. The molecule has 2 heterocycles. The Kier molecular flexibility index (Phi) is 12.9. The van der Waals surface area contributed by atoms with Crippen molar-refractivity contribution in [3.05, 3.63) is 76.1 Å². The molecular weight excluding hydrogens is 747 g/mol. The third kappa shape index (κ3) is 10.9. The molecule has 54 heavy (non-hydrogen) atoms. The molecule has 3 aromatic rings. The van der Waals surface area contributed by atoms with Crippen LogP contribution in [-0.4, -0.2) is 65.1 Å². The van der Waals surface area contributed by atoms with Gasteiger partial charge in [0.15, 0.2) is 12.4 Å². The Labute approximate surface area is 301 Å². The molecule has 1 amide bonds. The first kappa shape index (κ1) is 41.5. The lowest BCUT2D eigenvalue weighted by molar-refractivity contribution is -0.160. The zero-order valence-corrected chi connectivity index (χ0v) is 28.5. The maximum Gasteiger partial charge on any atom is 0.422 e. The first-order valence-corrected chi connectivity index (χ1v) is 16.3. The normalized spacial score (nSPS) is 16.0. The number of rotatable bonds is 13. The van der Waals surface area contributed by atoms with Crippen molar-refractivity contribution in [2.24, 2.45) is 0 Å². The lowest BCUT2D eigenvalue weighted by Gasteiger charge is -2.40. The third-order valence-electron chi connectivity index (χ3n) is 8.05. The molecule has 4 rings (SSSR count). The minimum Gasteiger partial charge on any atom is -0.490 e. The summed E-state index contributed by atoms with van der Waals surface area (Å²) in [5, 5.41) is 12.3. The molecule has 1 aromatic heterocycles. The number of fused-ring (bicyclic) bond motifs is 1. The van der Waals surface area contributed by atoms with Gasteiger partial charge in [0, 0.05) is 18.9 Å². The number of benzene rings is 2. The van der Waals surface area contributed by atoms with Crippen molar-refractivity contribution >= 4 is 29.7 Å². The van der Waals surface area contributed by atoms with Crippen LogP contribution in [0.2, 0.25) is 0 Å². The zero-order valence-electron chi connectivity index (χ0n) is 28.5. The van der Waals surface area contributed by atoms with E-state index in [1.165, 1.54) is 0 Å². The number of carbonyl (C=O) groups is 3. The Balaban J connectivity index is 1.75. The van der Waals surface area contributed by atoms with Crippen molar-refractivity contribution < 1.29 is 73.2 Å². The van der Waals surface area contributed by atoms with Gasteiger partial charge in [-0.15, -0.1) is 0 Å². The summed E-state index contributed by atoms with van der Waals surface area (Å²) >= 11 is 0. The molecule has 0 aliphatic carbocycles. The van der Waals surface area contributed by atoms with Gasteiger partial charge in [0.1, 0.15) is 0 Å². The number of aromatic carboxylic acids is 1. The largest absolute Gasteiger partial charge is 0.490 e. The van der Waals surface area contributed by atoms with E-state index in [4.69, 9.17) is 9.47 Å². The Bertz CT molecular complexity index is 1830. The molecule has 0 fully saturated rings. The van der Waals surface area contributed by atoms with E-state index in [0.717, 1.165) is 23.2 Å². The molecular formula is C34H33F9N4O7. The highest BCUT2D eigenvalue weighted by Crippen LogP contribution is 2.43. The summed E-state index contributed by atoms with van der Waals surface area (Å²) < 4.78 is 136. The van der Waals surface area contributed by atoms with Gasteiger partial charge in [-0.2, -0.15) is 39.5 Å². The van der Waals surface area contributed by atoms with Crippen LogP contribution < -0.4 is 15.0 Å². The Morgan fingerprint density at radius 1 is 0.944 bits per heavy atom. The number of hydrogen-bond acceptors (Lipinski definition) is 9. The Hall–Kier alpha value is -5.30. The van der Waals surface area contributed by atoms with Crippen LogP contribution in [-0.2, 0) is 33.0 Å². The first-order valence-electron chi connectivity index (χ1n) is 16.3. The third-order valence-corrected chi connectivity index (χ3v) is 8.05. The van der Waals surface area contributed by atoms with Crippen LogP contribution in [0.15, 0.2) is 42.6 Å². The first-order chi connectivity index (χ1) is 25.2. The number of nitrogens with zero attached hydrogens (tertiary/aromatic N) is 3. The molecule has 1 aliphatic heterocycles. The summed E-state index contributed by atoms with van der Waals surface area (Å²) in [7, 11) is 0. The van der Waals surface area contributed by atoms with Gasteiger partial charge in [-0.05, 0) is 73.7 Å². The molecule has 0 saturated carbocycles. The van der Waals surface area contributed by atoms with E-state index < -0.39 is 78.4 Å². The molecule has 1 aliphatic rings. The summed E-state index contributed by atoms with van der Waals surface area (Å²) in [6, 6.07) is 2.45. The maximum absolute atomic E-state index is 13.8. The van der Waals surface area contributed by atoms with E-state index in [1.54, 1.807) is 13.8 Å². The van der Waals surface area contributed by atoms with Crippen LogP contribution in [0.4, 0.5) is 55.9 Å². The van der Waals surface area contributed by atoms with Crippen molar-refractivity contribution in [1.82, 2.24) is 9.97 Å². The molecule has 2 N–H and O–H groups in total. The molecule has 0 bridgehead atoms. The van der Waals surface area contributed by atoms with Crippen molar-refractivity contribution in [3.63, 3.8) is 0 Å². The number of anilines is 2. The van der Waals surface area contributed by atoms with Gasteiger partial charge in [-0.1, -0.05) is 6.92 Å². The van der Waals surface area contributed by atoms with Crippen LogP contribution in [0.1, 0.15) is 83.9 Å². The van der Waals surface area contributed by atoms with Crippen LogP contribution in [0, 0.1) is 0 Å². The number of nitrogens with one attached hydrogen (secondary N) is 1. The minimum atomic E-state index is -4.92. The van der Waals surface area contributed by atoms with Crippen molar-refractivity contribution in [1.29, 1.82) is 0 Å². The number of carbonyl (C=O) groups excluding carboxylic acids is 2. The summed E-state index contributed by atoms with van der Waals surface area (Å²) in [6.07, 6.45) is -15.4. The van der Waals surface area contributed by atoms with Crippen molar-refractivity contribution in [2.75, 3.05) is 30.0 Å². The number of esters is 1. The fourth-order valence-electron chi connectivity index (χ4n) is 5.66. The van der Waals surface area contributed by atoms with Gasteiger partial charge in [0.2, 0.25) is 5.95 Å². The van der Waals surface area contributed by atoms with Gasteiger partial charge < -0.3 is 24.6 Å². The Morgan fingerprint density at radius 3 is 2.26 bits per heavy atom. The SMILES string of the molecule is CCOC(=O)CCCOc1cnc(N[C@H]2C[C@@H](CC)N(C(=O)OCC(F)(F)F)c3ccc(C(F)(F)F)cc32)nc1Cc1cc(C(=O)O)cc(C(F)(F)F)c1. The summed E-state index contributed by atoms with van der Waals surface area (Å²) in [6.45, 7) is 1.29. The Morgan fingerprint density at radius 2 is 1.65 bits per heavy atom. The van der Waals surface area contributed by atoms with Gasteiger partial charge in [-0.25, -0.2) is 19.6 Å². The van der Waals surface area contributed by atoms with Crippen LogP contribution >= 0.6 is 0 Å². The number of alkyl halides is 9. The number of aromatic nitrogens is 2. The lowest BCUT2D eigenvalue weighted by atomic mass is 9.89. The van der Waals surface area contributed by atoms with Gasteiger partial charge in [0.05, 0.1) is 53.5 Å². The van der Waals surface area contributed by atoms with Crippen LogP contribution in [0.25, 0.3) is 0 Å². The molecule has 2 aromatic carbocycles. The minimum absolute atomic E-state index is 0.0420. The molecule has 0 radical (unpaired) electrons. The lowest BCUT2D eigenvalue weighted by Crippen LogP contribution is -2.46. The molecule has 2 atom stereocenters. The smallest absolute Gasteiger partial charge is 0.422 e. The van der Waals surface area contributed by atoms with E-state index in [0.29, 0.717) is 24.3 Å². The quantitative estimate of drug-likeness (QED) is 0.0988. The second kappa shape index (κ2) is 16.8.